The maximum Gasteiger partial charge on any atom is 0.319 e. The average molecular weight is 389 g/mol. The molecule has 156 valence electrons. The predicted octanol–water partition coefficient (Wildman–Crippen LogP) is 3.46. The number of para-hydroxylation sites is 1. The van der Waals surface area contributed by atoms with Crippen molar-refractivity contribution in [3.05, 3.63) is 30.3 Å². The van der Waals surface area contributed by atoms with Gasteiger partial charge in [-0.3, -0.25) is 9.69 Å². The van der Waals surface area contributed by atoms with Crippen molar-refractivity contribution in [1.29, 1.82) is 0 Å². The van der Waals surface area contributed by atoms with Crippen LogP contribution in [0, 0.1) is 11.8 Å². The summed E-state index contributed by atoms with van der Waals surface area (Å²) in [5, 5.41) is 8.65. The van der Waals surface area contributed by atoms with Crippen molar-refractivity contribution in [1.82, 2.24) is 15.5 Å². The molecular weight excluding hydrogens is 352 g/mol. The number of benzene rings is 1. The van der Waals surface area contributed by atoms with Crippen molar-refractivity contribution in [2.45, 2.75) is 59.0 Å². The van der Waals surface area contributed by atoms with Crippen LogP contribution in [-0.2, 0) is 4.79 Å². The number of nitrogens with zero attached hydrogens (tertiary/aromatic N) is 1. The number of amides is 3. The number of urea groups is 1. The van der Waals surface area contributed by atoms with Crippen LogP contribution in [0.5, 0.6) is 0 Å². The van der Waals surface area contributed by atoms with E-state index in [1.807, 2.05) is 44.2 Å². The Balaban J connectivity index is 1.90. The lowest BCUT2D eigenvalue weighted by Crippen LogP contribution is -2.57. The fourth-order valence-corrected chi connectivity index (χ4v) is 3.63. The molecule has 0 saturated carbocycles. The number of hydrogen-bond donors (Lipinski definition) is 3. The van der Waals surface area contributed by atoms with Gasteiger partial charge in [0.25, 0.3) is 0 Å². The van der Waals surface area contributed by atoms with E-state index in [-0.39, 0.29) is 23.4 Å². The van der Waals surface area contributed by atoms with Crippen LogP contribution in [-0.4, -0.2) is 48.1 Å². The molecule has 1 aliphatic rings. The third-order valence-electron chi connectivity index (χ3n) is 5.48. The van der Waals surface area contributed by atoms with Gasteiger partial charge < -0.3 is 16.0 Å². The summed E-state index contributed by atoms with van der Waals surface area (Å²) in [6.07, 6.45) is 2.48. The Morgan fingerprint density at radius 1 is 1.21 bits per heavy atom. The lowest BCUT2D eigenvalue weighted by molar-refractivity contribution is -0.124. The number of rotatable bonds is 7. The van der Waals surface area contributed by atoms with E-state index in [2.05, 4.69) is 41.6 Å². The molecule has 3 N–H and O–H groups in total. The Bertz CT molecular complexity index is 645. The summed E-state index contributed by atoms with van der Waals surface area (Å²) in [7, 11) is 0. The summed E-state index contributed by atoms with van der Waals surface area (Å²) in [5.41, 5.74) is 0.585. The minimum atomic E-state index is -0.584. The van der Waals surface area contributed by atoms with Gasteiger partial charge in [-0.2, -0.15) is 0 Å². The average Bonchev–Trinajstić information content (AvgIpc) is 2.65. The van der Waals surface area contributed by atoms with Gasteiger partial charge in [-0.1, -0.05) is 39.0 Å². The van der Waals surface area contributed by atoms with Gasteiger partial charge in [-0.15, -0.1) is 0 Å². The second-order valence-corrected chi connectivity index (χ2v) is 8.91. The molecule has 1 heterocycles. The van der Waals surface area contributed by atoms with Crippen molar-refractivity contribution in [3.63, 3.8) is 0 Å². The molecule has 0 aromatic heterocycles. The van der Waals surface area contributed by atoms with Crippen LogP contribution >= 0.6 is 0 Å². The molecule has 2 unspecified atom stereocenters. The molecular formula is C22H36N4O2. The predicted molar refractivity (Wildman–Crippen MR) is 114 cm³/mol. The number of nitrogens with one attached hydrogen (secondary N) is 3. The van der Waals surface area contributed by atoms with Crippen LogP contribution in [0.4, 0.5) is 10.5 Å². The van der Waals surface area contributed by atoms with Gasteiger partial charge in [0.1, 0.15) is 6.04 Å². The van der Waals surface area contributed by atoms with Crippen molar-refractivity contribution in [3.8, 4) is 0 Å². The van der Waals surface area contributed by atoms with E-state index >= 15 is 0 Å². The number of piperidine rings is 1. The Hall–Kier alpha value is -2.08. The van der Waals surface area contributed by atoms with Crippen molar-refractivity contribution in [2.75, 3.05) is 25.0 Å². The molecule has 6 nitrogen and oxygen atoms in total. The number of anilines is 1. The Labute approximate surface area is 169 Å². The zero-order valence-corrected chi connectivity index (χ0v) is 17.9. The second-order valence-electron chi connectivity index (χ2n) is 8.91. The summed E-state index contributed by atoms with van der Waals surface area (Å²) >= 11 is 0. The molecule has 1 saturated heterocycles. The van der Waals surface area contributed by atoms with Crippen LogP contribution in [0.3, 0.4) is 0 Å². The van der Waals surface area contributed by atoms with Gasteiger partial charge in [0.05, 0.1) is 0 Å². The topological polar surface area (TPSA) is 73.5 Å². The highest BCUT2D eigenvalue weighted by molar-refractivity contribution is 5.93. The quantitative estimate of drug-likeness (QED) is 0.670. The molecule has 0 radical (unpaired) electrons. The van der Waals surface area contributed by atoms with Crippen LogP contribution in [0.1, 0.15) is 47.5 Å². The first kappa shape index (κ1) is 22.2. The molecule has 2 rings (SSSR count). The number of likely N-dealkylation sites (tertiary alicyclic amines) is 1. The highest BCUT2D eigenvalue weighted by atomic mass is 16.2. The first-order valence-electron chi connectivity index (χ1n) is 10.3. The normalized spacial score (nSPS) is 19.1. The van der Waals surface area contributed by atoms with E-state index in [1.54, 1.807) is 0 Å². The first-order valence-corrected chi connectivity index (χ1v) is 10.3. The molecule has 0 spiro atoms. The fourth-order valence-electron chi connectivity index (χ4n) is 3.63. The minimum Gasteiger partial charge on any atom is -0.352 e. The molecule has 1 aromatic carbocycles. The first-order chi connectivity index (χ1) is 13.2. The molecule has 3 amide bonds. The van der Waals surface area contributed by atoms with Crippen molar-refractivity contribution < 1.29 is 9.59 Å². The highest BCUT2D eigenvalue weighted by Gasteiger charge is 2.32. The number of carbonyl (C=O) groups is 2. The van der Waals surface area contributed by atoms with Gasteiger partial charge in [0.2, 0.25) is 5.91 Å². The van der Waals surface area contributed by atoms with Crippen LogP contribution in [0.15, 0.2) is 30.3 Å². The van der Waals surface area contributed by atoms with Gasteiger partial charge in [0.15, 0.2) is 0 Å². The van der Waals surface area contributed by atoms with Crippen molar-refractivity contribution >= 4 is 17.6 Å². The largest absolute Gasteiger partial charge is 0.352 e. The number of hydrogen-bond acceptors (Lipinski definition) is 3. The summed E-state index contributed by atoms with van der Waals surface area (Å²) in [4.78, 5) is 27.6. The molecule has 0 bridgehead atoms. The minimum absolute atomic E-state index is 0.0142. The zero-order valence-electron chi connectivity index (χ0n) is 17.9. The summed E-state index contributed by atoms with van der Waals surface area (Å²) in [5.74, 6) is 0.534. The monoisotopic (exact) mass is 388 g/mol. The van der Waals surface area contributed by atoms with Crippen LogP contribution in [0.2, 0.25) is 0 Å². The molecule has 6 heteroatoms. The molecule has 1 fully saturated rings. The van der Waals surface area contributed by atoms with E-state index in [0.29, 0.717) is 18.2 Å². The van der Waals surface area contributed by atoms with E-state index in [0.717, 1.165) is 13.1 Å². The maximum atomic E-state index is 12.8. The molecule has 28 heavy (non-hydrogen) atoms. The molecule has 1 aliphatic heterocycles. The van der Waals surface area contributed by atoms with Gasteiger partial charge in [-0.05, 0) is 57.2 Å². The maximum absolute atomic E-state index is 12.8. The van der Waals surface area contributed by atoms with E-state index < -0.39 is 6.04 Å². The van der Waals surface area contributed by atoms with Crippen LogP contribution in [0.25, 0.3) is 0 Å². The van der Waals surface area contributed by atoms with Crippen LogP contribution < -0.4 is 16.0 Å². The SMILES string of the molecule is CC1CCCN(C(C)(C)CNC(=O)C(NC(=O)Nc2ccccc2)C(C)C)C1. The van der Waals surface area contributed by atoms with E-state index in [1.165, 1.54) is 12.8 Å². The van der Waals surface area contributed by atoms with Gasteiger partial charge in [-0.25, -0.2) is 4.79 Å². The lowest BCUT2D eigenvalue weighted by atomic mass is 9.93. The Kier molecular flexibility index (Phi) is 7.87. The second kappa shape index (κ2) is 9.92. The summed E-state index contributed by atoms with van der Waals surface area (Å²) < 4.78 is 0. The molecule has 2 atom stereocenters. The molecule has 1 aromatic rings. The Morgan fingerprint density at radius 2 is 1.89 bits per heavy atom. The smallest absolute Gasteiger partial charge is 0.319 e. The van der Waals surface area contributed by atoms with Crippen molar-refractivity contribution in [2.24, 2.45) is 11.8 Å². The third kappa shape index (κ3) is 6.51. The number of carbonyl (C=O) groups excluding carboxylic acids is 2. The lowest BCUT2D eigenvalue weighted by Gasteiger charge is -2.43. The fraction of sp³-hybridized carbons (Fsp3) is 0.636. The molecule has 0 aliphatic carbocycles. The van der Waals surface area contributed by atoms with E-state index in [4.69, 9.17) is 0 Å². The Morgan fingerprint density at radius 3 is 2.50 bits per heavy atom. The standard InChI is InChI=1S/C22H36N4O2/c1-16(2)19(25-21(28)24-18-11-7-6-8-12-18)20(27)23-15-22(4,5)26-13-9-10-17(3)14-26/h6-8,11-12,16-17,19H,9-10,13-15H2,1-5H3,(H,23,27)(H2,24,25,28). The third-order valence-corrected chi connectivity index (χ3v) is 5.48. The van der Waals surface area contributed by atoms with Gasteiger partial charge in [0, 0.05) is 24.3 Å². The highest BCUT2D eigenvalue weighted by Crippen LogP contribution is 2.23. The summed E-state index contributed by atoms with van der Waals surface area (Å²) in [6, 6.07) is 8.26. The van der Waals surface area contributed by atoms with E-state index in [9.17, 15) is 9.59 Å². The summed E-state index contributed by atoms with van der Waals surface area (Å²) in [6.45, 7) is 13.2. The van der Waals surface area contributed by atoms with Gasteiger partial charge >= 0.3 is 6.03 Å². The zero-order chi connectivity index (χ0) is 20.7.